The minimum atomic E-state index is 0.316. The van der Waals surface area contributed by atoms with E-state index in [1.165, 1.54) is 6.42 Å². The zero-order valence-corrected chi connectivity index (χ0v) is 11.9. The Labute approximate surface area is 106 Å². The van der Waals surface area contributed by atoms with Crippen LogP contribution in [0.25, 0.3) is 0 Å². The summed E-state index contributed by atoms with van der Waals surface area (Å²) in [6, 6.07) is 0.465. The van der Waals surface area contributed by atoms with Crippen molar-refractivity contribution in [2.45, 2.75) is 59.4 Å². The average molecular weight is 240 g/mol. The van der Waals surface area contributed by atoms with Crippen LogP contribution >= 0.6 is 0 Å². The topological polar surface area (TPSA) is 32.3 Å². The van der Waals surface area contributed by atoms with Crippen molar-refractivity contribution < 1.29 is 4.79 Å². The smallest absolute Gasteiger partial charge is 0.223 e. The van der Waals surface area contributed by atoms with Gasteiger partial charge in [-0.2, -0.15) is 0 Å². The van der Waals surface area contributed by atoms with Crippen molar-refractivity contribution in [3.05, 3.63) is 0 Å². The van der Waals surface area contributed by atoms with Crippen LogP contribution in [0.4, 0.5) is 0 Å². The maximum atomic E-state index is 12.0. The molecule has 1 heterocycles. The molecule has 17 heavy (non-hydrogen) atoms. The lowest BCUT2D eigenvalue weighted by molar-refractivity contribution is -0.133. The summed E-state index contributed by atoms with van der Waals surface area (Å²) < 4.78 is 0. The van der Waals surface area contributed by atoms with Gasteiger partial charge in [0, 0.05) is 32.1 Å². The molecule has 1 fully saturated rings. The Bertz CT molecular complexity index is 243. The van der Waals surface area contributed by atoms with Crippen molar-refractivity contribution in [3.63, 3.8) is 0 Å². The minimum Gasteiger partial charge on any atom is -0.343 e. The van der Waals surface area contributed by atoms with Gasteiger partial charge in [0.15, 0.2) is 0 Å². The molecule has 0 aliphatic carbocycles. The fourth-order valence-corrected chi connectivity index (χ4v) is 2.28. The van der Waals surface area contributed by atoms with Gasteiger partial charge in [0.1, 0.15) is 0 Å². The molecule has 1 amide bonds. The van der Waals surface area contributed by atoms with Crippen LogP contribution in [0.3, 0.4) is 0 Å². The summed E-state index contributed by atoms with van der Waals surface area (Å²) in [4.78, 5) is 14.0. The Balaban J connectivity index is 2.26. The van der Waals surface area contributed by atoms with Crippen LogP contribution in [0.15, 0.2) is 0 Å². The van der Waals surface area contributed by atoms with E-state index in [2.05, 4.69) is 33.0 Å². The molecular formula is C14H28N2O. The summed E-state index contributed by atoms with van der Waals surface area (Å²) in [7, 11) is 0. The number of likely N-dealkylation sites (tertiary alicyclic amines) is 1. The molecule has 0 aromatic rings. The van der Waals surface area contributed by atoms with Gasteiger partial charge in [-0.05, 0) is 18.3 Å². The normalized spacial score (nSPS) is 19.7. The second kappa shape index (κ2) is 6.39. The van der Waals surface area contributed by atoms with E-state index in [1.54, 1.807) is 0 Å². The molecule has 100 valence electrons. The Morgan fingerprint density at radius 2 is 1.94 bits per heavy atom. The summed E-state index contributed by atoms with van der Waals surface area (Å²) in [6.07, 6.45) is 4.19. The number of carbonyl (C=O) groups excluding carboxylic acids is 1. The van der Waals surface area contributed by atoms with E-state index in [-0.39, 0.29) is 0 Å². The summed E-state index contributed by atoms with van der Waals surface area (Å²) in [6.45, 7) is 11.5. The van der Waals surface area contributed by atoms with Gasteiger partial charge >= 0.3 is 0 Å². The lowest BCUT2D eigenvalue weighted by Crippen LogP contribution is -2.43. The number of nitrogens with zero attached hydrogens (tertiary/aromatic N) is 1. The zero-order chi connectivity index (χ0) is 12.9. The molecule has 3 nitrogen and oxygen atoms in total. The van der Waals surface area contributed by atoms with Gasteiger partial charge in [-0.25, -0.2) is 0 Å². The first-order valence-electron chi connectivity index (χ1n) is 6.98. The molecule has 1 N–H and O–H groups in total. The van der Waals surface area contributed by atoms with Gasteiger partial charge in [-0.1, -0.05) is 34.1 Å². The number of rotatable bonds is 5. The van der Waals surface area contributed by atoms with Crippen molar-refractivity contribution in [2.75, 3.05) is 19.6 Å². The third kappa shape index (κ3) is 4.66. The average Bonchev–Trinajstić information content (AvgIpc) is 2.29. The van der Waals surface area contributed by atoms with Crippen molar-refractivity contribution >= 4 is 5.91 Å². The lowest BCUT2D eigenvalue weighted by Gasteiger charge is -2.39. The van der Waals surface area contributed by atoms with E-state index < -0.39 is 0 Å². The van der Waals surface area contributed by atoms with E-state index in [4.69, 9.17) is 0 Å². The number of nitrogens with one attached hydrogen (secondary N) is 1. The van der Waals surface area contributed by atoms with Gasteiger partial charge < -0.3 is 10.2 Å². The fraction of sp³-hybridized carbons (Fsp3) is 0.929. The predicted molar refractivity (Wildman–Crippen MR) is 72.0 cm³/mol. The SMILES string of the molecule is CCC1(C)CCN(C(=O)CCNC(C)C)CC1. The second-order valence-electron chi connectivity index (χ2n) is 5.90. The highest BCUT2D eigenvalue weighted by Crippen LogP contribution is 2.33. The first-order chi connectivity index (χ1) is 7.97. The van der Waals surface area contributed by atoms with E-state index in [0.29, 0.717) is 23.8 Å². The Morgan fingerprint density at radius 1 is 1.35 bits per heavy atom. The maximum absolute atomic E-state index is 12.0. The lowest BCUT2D eigenvalue weighted by atomic mass is 9.78. The third-order valence-electron chi connectivity index (χ3n) is 4.07. The van der Waals surface area contributed by atoms with Crippen LogP contribution in [0, 0.1) is 5.41 Å². The van der Waals surface area contributed by atoms with Gasteiger partial charge in [0.25, 0.3) is 0 Å². The third-order valence-corrected chi connectivity index (χ3v) is 4.07. The quantitative estimate of drug-likeness (QED) is 0.800. The standard InChI is InChI=1S/C14H28N2O/c1-5-14(4)7-10-16(11-8-14)13(17)6-9-15-12(2)3/h12,15H,5-11H2,1-4H3. The van der Waals surface area contributed by atoms with Crippen LogP contribution in [0.2, 0.25) is 0 Å². The van der Waals surface area contributed by atoms with E-state index >= 15 is 0 Å². The van der Waals surface area contributed by atoms with Crippen molar-refractivity contribution in [1.29, 1.82) is 0 Å². The minimum absolute atomic E-state index is 0.316. The number of amides is 1. The van der Waals surface area contributed by atoms with Gasteiger partial charge in [-0.3, -0.25) is 4.79 Å². The number of piperidine rings is 1. The molecule has 1 aliphatic rings. The first kappa shape index (κ1) is 14.5. The predicted octanol–water partition coefficient (Wildman–Crippen LogP) is 2.41. The molecule has 3 heteroatoms. The molecule has 0 unspecified atom stereocenters. The second-order valence-corrected chi connectivity index (χ2v) is 5.90. The molecule has 0 atom stereocenters. The molecule has 0 aromatic heterocycles. The van der Waals surface area contributed by atoms with Crippen LogP contribution < -0.4 is 5.32 Å². The molecule has 0 spiro atoms. The summed E-state index contributed by atoms with van der Waals surface area (Å²) in [5.41, 5.74) is 0.465. The van der Waals surface area contributed by atoms with E-state index in [0.717, 1.165) is 32.5 Å². The van der Waals surface area contributed by atoms with E-state index in [9.17, 15) is 4.79 Å². The molecular weight excluding hydrogens is 212 g/mol. The summed E-state index contributed by atoms with van der Waals surface area (Å²) >= 11 is 0. The Morgan fingerprint density at radius 3 is 2.41 bits per heavy atom. The molecule has 0 saturated carbocycles. The van der Waals surface area contributed by atoms with Gasteiger partial charge in [0.2, 0.25) is 5.91 Å². The molecule has 0 radical (unpaired) electrons. The number of carbonyl (C=O) groups is 1. The largest absolute Gasteiger partial charge is 0.343 e. The molecule has 1 saturated heterocycles. The summed E-state index contributed by atoms with van der Waals surface area (Å²) in [5, 5.41) is 3.30. The highest BCUT2D eigenvalue weighted by atomic mass is 16.2. The van der Waals surface area contributed by atoms with Crippen molar-refractivity contribution in [2.24, 2.45) is 5.41 Å². The fourth-order valence-electron chi connectivity index (χ4n) is 2.28. The van der Waals surface area contributed by atoms with Crippen molar-refractivity contribution in [1.82, 2.24) is 10.2 Å². The monoisotopic (exact) mass is 240 g/mol. The molecule has 0 bridgehead atoms. The van der Waals surface area contributed by atoms with E-state index in [1.807, 2.05) is 4.90 Å². The number of hydrogen-bond donors (Lipinski definition) is 1. The highest BCUT2D eigenvalue weighted by Gasteiger charge is 2.29. The van der Waals surface area contributed by atoms with Gasteiger partial charge in [0.05, 0.1) is 0 Å². The Kier molecular flexibility index (Phi) is 5.44. The van der Waals surface area contributed by atoms with Crippen LogP contribution in [-0.2, 0) is 4.79 Å². The first-order valence-corrected chi connectivity index (χ1v) is 6.98. The number of hydrogen-bond acceptors (Lipinski definition) is 2. The van der Waals surface area contributed by atoms with Gasteiger partial charge in [-0.15, -0.1) is 0 Å². The van der Waals surface area contributed by atoms with Crippen LogP contribution in [-0.4, -0.2) is 36.5 Å². The Hall–Kier alpha value is -0.570. The highest BCUT2D eigenvalue weighted by molar-refractivity contribution is 5.76. The maximum Gasteiger partial charge on any atom is 0.223 e. The van der Waals surface area contributed by atoms with Crippen LogP contribution in [0.1, 0.15) is 53.4 Å². The zero-order valence-electron chi connectivity index (χ0n) is 11.9. The van der Waals surface area contributed by atoms with Crippen molar-refractivity contribution in [3.8, 4) is 0 Å². The van der Waals surface area contributed by atoms with Crippen LogP contribution in [0.5, 0.6) is 0 Å². The molecule has 1 aliphatic heterocycles. The molecule has 1 rings (SSSR count). The molecule has 0 aromatic carbocycles. The summed E-state index contributed by atoms with van der Waals surface area (Å²) in [5.74, 6) is 0.316.